The topological polar surface area (TPSA) is 70.0 Å². The number of hydrogen-bond donors (Lipinski definition) is 1. The minimum absolute atomic E-state index is 0.0252. The normalized spacial score (nSPS) is 34.9. The van der Waals surface area contributed by atoms with Crippen LogP contribution in [0.4, 0.5) is 0 Å². The largest absolute Gasteiger partial charge is 0.411 e. The van der Waals surface area contributed by atoms with E-state index in [4.69, 9.17) is 5.21 Å². The molecule has 104 valence electrons. The third-order valence-corrected chi connectivity index (χ3v) is 4.88. The van der Waals surface area contributed by atoms with Gasteiger partial charge in [0, 0.05) is 12.5 Å². The molecule has 0 bridgehead atoms. The monoisotopic (exact) mass is 264 g/mol. The SMILES string of the molecule is O=C1[C@H]2CC(=NO)CC[C@H]2C(=O)N1C1CCCCC1. The van der Waals surface area contributed by atoms with Crippen molar-refractivity contribution in [2.24, 2.45) is 17.0 Å². The number of rotatable bonds is 1. The van der Waals surface area contributed by atoms with Crippen LogP contribution in [-0.4, -0.2) is 33.7 Å². The number of imide groups is 1. The molecule has 1 N–H and O–H groups in total. The van der Waals surface area contributed by atoms with Crippen molar-refractivity contribution >= 4 is 17.5 Å². The van der Waals surface area contributed by atoms with Gasteiger partial charge >= 0.3 is 0 Å². The third-order valence-electron chi connectivity index (χ3n) is 4.88. The van der Waals surface area contributed by atoms with Crippen molar-refractivity contribution in [3.05, 3.63) is 0 Å². The van der Waals surface area contributed by atoms with Gasteiger partial charge in [-0.1, -0.05) is 24.4 Å². The quantitative estimate of drug-likeness (QED) is 0.447. The molecule has 0 spiro atoms. The molecule has 0 aromatic rings. The number of amides is 2. The zero-order chi connectivity index (χ0) is 13.4. The van der Waals surface area contributed by atoms with Gasteiger partial charge in [-0.15, -0.1) is 0 Å². The fourth-order valence-electron chi connectivity index (χ4n) is 3.83. The summed E-state index contributed by atoms with van der Waals surface area (Å²) in [6.07, 6.45) is 7.08. The lowest BCUT2D eigenvalue weighted by molar-refractivity contribution is -0.143. The van der Waals surface area contributed by atoms with Gasteiger partial charge in [-0.25, -0.2) is 0 Å². The van der Waals surface area contributed by atoms with Gasteiger partial charge < -0.3 is 5.21 Å². The Morgan fingerprint density at radius 1 is 1.00 bits per heavy atom. The predicted octanol–water partition coefficient (Wildman–Crippen LogP) is 1.93. The minimum atomic E-state index is -0.269. The molecule has 2 atom stereocenters. The molecule has 0 unspecified atom stereocenters. The average molecular weight is 264 g/mol. The number of oxime groups is 1. The predicted molar refractivity (Wildman–Crippen MR) is 68.8 cm³/mol. The number of hydrogen-bond acceptors (Lipinski definition) is 4. The molecule has 0 aromatic carbocycles. The Labute approximate surface area is 112 Å². The smallest absolute Gasteiger partial charge is 0.233 e. The molecule has 3 aliphatic rings. The minimum Gasteiger partial charge on any atom is -0.411 e. The summed E-state index contributed by atoms with van der Waals surface area (Å²) in [5.41, 5.74) is 0.660. The van der Waals surface area contributed by atoms with Crippen molar-refractivity contribution in [1.29, 1.82) is 0 Å². The van der Waals surface area contributed by atoms with E-state index in [0.29, 0.717) is 25.0 Å². The van der Waals surface area contributed by atoms with E-state index in [9.17, 15) is 9.59 Å². The van der Waals surface area contributed by atoms with Crippen molar-refractivity contribution in [1.82, 2.24) is 4.90 Å². The Bertz CT molecular complexity index is 426. The van der Waals surface area contributed by atoms with E-state index < -0.39 is 0 Å². The highest BCUT2D eigenvalue weighted by atomic mass is 16.4. The maximum atomic E-state index is 12.5. The Morgan fingerprint density at radius 3 is 2.37 bits per heavy atom. The van der Waals surface area contributed by atoms with Crippen molar-refractivity contribution in [2.45, 2.75) is 57.4 Å². The first-order valence-corrected chi connectivity index (χ1v) is 7.29. The van der Waals surface area contributed by atoms with Crippen LogP contribution in [0, 0.1) is 11.8 Å². The Balaban J connectivity index is 1.80. The summed E-state index contributed by atoms with van der Waals surface area (Å²) in [6, 6.07) is 0.119. The summed E-state index contributed by atoms with van der Waals surface area (Å²) in [6.45, 7) is 0. The van der Waals surface area contributed by atoms with E-state index in [1.165, 1.54) is 6.42 Å². The molecule has 19 heavy (non-hydrogen) atoms. The molecule has 2 amide bonds. The lowest BCUT2D eigenvalue weighted by Gasteiger charge is -2.29. The van der Waals surface area contributed by atoms with Crippen molar-refractivity contribution in [3.8, 4) is 0 Å². The van der Waals surface area contributed by atoms with Gasteiger partial charge in [-0.2, -0.15) is 0 Å². The molecule has 5 heteroatoms. The van der Waals surface area contributed by atoms with Gasteiger partial charge in [0.1, 0.15) is 0 Å². The van der Waals surface area contributed by atoms with Gasteiger partial charge in [0.25, 0.3) is 0 Å². The molecular formula is C14H20N2O3. The first kappa shape index (κ1) is 12.6. The second kappa shape index (κ2) is 4.94. The average Bonchev–Trinajstić information content (AvgIpc) is 2.71. The van der Waals surface area contributed by atoms with Crippen LogP contribution in [0.1, 0.15) is 51.4 Å². The van der Waals surface area contributed by atoms with E-state index >= 15 is 0 Å². The van der Waals surface area contributed by atoms with Gasteiger partial charge in [0.15, 0.2) is 0 Å². The lowest BCUT2D eigenvalue weighted by atomic mass is 9.80. The van der Waals surface area contributed by atoms with E-state index in [0.717, 1.165) is 25.7 Å². The second-order valence-electron chi connectivity index (χ2n) is 5.96. The first-order chi connectivity index (χ1) is 9.22. The molecule has 1 heterocycles. The maximum Gasteiger partial charge on any atom is 0.233 e. The standard InChI is InChI=1S/C14H20N2O3/c17-13-11-7-6-9(15-19)8-12(11)14(18)16(13)10-4-2-1-3-5-10/h10-12,19H,1-8H2/t11-,12+/m1/s1. The highest BCUT2D eigenvalue weighted by molar-refractivity contribution is 6.08. The second-order valence-corrected chi connectivity index (χ2v) is 5.96. The molecule has 0 radical (unpaired) electrons. The molecular weight excluding hydrogens is 244 g/mol. The highest BCUT2D eigenvalue weighted by Gasteiger charge is 2.51. The molecule has 2 saturated carbocycles. The van der Waals surface area contributed by atoms with Gasteiger partial charge in [0.2, 0.25) is 11.8 Å². The molecule has 1 aliphatic heterocycles. The van der Waals surface area contributed by atoms with Crippen LogP contribution < -0.4 is 0 Å². The van der Waals surface area contributed by atoms with Crippen LogP contribution in [0.25, 0.3) is 0 Å². The number of carbonyl (C=O) groups excluding carboxylic acids is 2. The van der Waals surface area contributed by atoms with E-state index in [1.54, 1.807) is 4.90 Å². The van der Waals surface area contributed by atoms with Gasteiger partial charge in [-0.3, -0.25) is 14.5 Å². The number of carbonyl (C=O) groups is 2. The summed E-state index contributed by atoms with van der Waals surface area (Å²) < 4.78 is 0. The van der Waals surface area contributed by atoms with Gasteiger partial charge in [0.05, 0.1) is 17.5 Å². The summed E-state index contributed by atoms with van der Waals surface area (Å²) in [7, 11) is 0. The van der Waals surface area contributed by atoms with E-state index in [-0.39, 0.29) is 29.7 Å². The summed E-state index contributed by atoms with van der Waals surface area (Å²) in [5.74, 6) is -0.435. The number of fused-ring (bicyclic) bond motifs is 1. The van der Waals surface area contributed by atoms with Crippen molar-refractivity contribution < 1.29 is 14.8 Å². The number of likely N-dealkylation sites (tertiary alicyclic amines) is 1. The fraction of sp³-hybridized carbons (Fsp3) is 0.786. The van der Waals surface area contributed by atoms with Crippen LogP contribution >= 0.6 is 0 Å². The zero-order valence-electron chi connectivity index (χ0n) is 11.0. The first-order valence-electron chi connectivity index (χ1n) is 7.29. The zero-order valence-corrected chi connectivity index (χ0v) is 11.0. The van der Waals surface area contributed by atoms with Crippen molar-refractivity contribution in [2.75, 3.05) is 0 Å². The Kier molecular flexibility index (Phi) is 3.29. The van der Waals surface area contributed by atoms with E-state index in [1.807, 2.05) is 0 Å². The van der Waals surface area contributed by atoms with Crippen LogP contribution in [-0.2, 0) is 9.59 Å². The highest BCUT2D eigenvalue weighted by Crippen LogP contribution is 2.40. The molecule has 5 nitrogen and oxygen atoms in total. The third kappa shape index (κ3) is 2.05. The molecule has 3 rings (SSSR count). The molecule has 0 aromatic heterocycles. The van der Waals surface area contributed by atoms with Crippen LogP contribution in [0.2, 0.25) is 0 Å². The summed E-state index contributed by atoms with van der Waals surface area (Å²) in [5, 5.41) is 12.1. The number of nitrogens with zero attached hydrogens (tertiary/aromatic N) is 2. The van der Waals surface area contributed by atoms with E-state index in [2.05, 4.69) is 5.16 Å². The van der Waals surface area contributed by atoms with Crippen LogP contribution in [0.3, 0.4) is 0 Å². The molecule has 1 saturated heterocycles. The molecule has 3 fully saturated rings. The Hall–Kier alpha value is -1.39. The van der Waals surface area contributed by atoms with Crippen LogP contribution in [0.5, 0.6) is 0 Å². The summed E-state index contributed by atoms with van der Waals surface area (Å²) in [4.78, 5) is 26.5. The summed E-state index contributed by atoms with van der Waals surface area (Å²) >= 11 is 0. The van der Waals surface area contributed by atoms with Crippen LogP contribution in [0.15, 0.2) is 5.16 Å². The fourth-order valence-corrected chi connectivity index (χ4v) is 3.83. The molecule has 2 aliphatic carbocycles. The van der Waals surface area contributed by atoms with Crippen molar-refractivity contribution in [3.63, 3.8) is 0 Å². The maximum absolute atomic E-state index is 12.5. The Morgan fingerprint density at radius 2 is 1.68 bits per heavy atom. The van der Waals surface area contributed by atoms with Gasteiger partial charge in [-0.05, 0) is 25.7 Å². The lowest BCUT2D eigenvalue weighted by Crippen LogP contribution is -2.41.